The number of hydrogen-bond donors (Lipinski definition) is 2. The van der Waals surface area contributed by atoms with E-state index >= 15 is 0 Å². The molecule has 2 heteroatoms. The van der Waals surface area contributed by atoms with E-state index in [4.69, 9.17) is 0 Å². The van der Waals surface area contributed by atoms with Gasteiger partial charge in [0.1, 0.15) is 0 Å². The van der Waals surface area contributed by atoms with Gasteiger partial charge in [-0.3, -0.25) is 0 Å². The fraction of sp³-hybridized carbons (Fsp3) is 0.500. The predicted octanol–water partition coefficient (Wildman–Crippen LogP) is 4.99. The van der Waals surface area contributed by atoms with Crippen LogP contribution in [0.25, 0.3) is 0 Å². The highest BCUT2D eigenvalue weighted by atomic mass is 14.9. The Bertz CT molecular complexity index is 622. The van der Waals surface area contributed by atoms with Gasteiger partial charge in [-0.1, -0.05) is 55.0 Å². The van der Waals surface area contributed by atoms with Crippen molar-refractivity contribution in [3.05, 3.63) is 70.8 Å². The number of aryl methyl sites for hydroxylation is 2. The summed E-state index contributed by atoms with van der Waals surface area (Å²) in [5, 5.41) is 7.40. The first-order chi connectivity index (χ1) is 12.7. The van der Waals surface area contributed by atoms with Gasteiger partial charge in [0.25, 0.3) is 0 Å². The van der Waals surface area contributed by atoms with Crippen molar-refractivity contribution in [2.45, 2.75) is 52.6 Å². The summed E-state index contributed by atoms with van der Waals surface area (Å²) in [6.07, 6.45) is 5.51. The Morgan fingerprint density at radius 1 is 0.731 bits per heavy atom. The predicted molar refractivity (Wildman–Crippen MR) is 111 cm³/mol. The maximum absolute atomic E-state index is 3.70. The summed E-state index contributed by atoms with van der Waals surface area (Å²) in [7, 11) is 0. The lowest BCUT2D eigenvalue weighted by molar-refractivity contribution is 0.252. The van der Waals surface area contributed by atoms with E-state index in [1.807, 2.05) is 0 Å². The summed E-state index contributed by atoms with van der Waals surface area (Å²) < 4.78 is 0. The molecule has 2 aromatic carbocycles. The van der Waals surface area contributed by atoms with E-state index in [9.17, 15) is 0 Å². The number of rotatable bonds is 8. The van der Waals surface area contributed by atoms with Crippen LogP contribution in [0.2, 0.25) is 0 Å². The van der Waals surface area contributed by atoms with Crippen LogP contribution in [0.15, 0.2) is 48.5 Å². The minimum atomic E-state index is 0.832. The second-order valence-electron chi connectivity index (χ2n) is 8.01. The highest BCUT2D eigenvalue weighted by Gasteiger charge is 2.21. The number of hydrogen-bond acceptors (Lipinski definition) is 2. The zero-order valence-corrected chi connectivity index (χ0v) is 16.4. The molecule has 2 aromatic rings. The van der Waals surface area contributed by atoms with Gasteiger partial charge < -0.3 is 10.6 Å². The van der Waals surface area contributed by atoms with E-state index in [0.29, 0.717) is 0 Å². The Morgan fingerprint density at radius 2 is 1.19 bits per heavy atom. The summed E-state index contributed by atoms with van der Waals surface area (Å²) >= 11 is 0. The van der Waals surface area contributed by atoms with Crippen molar-refractivity contribution in [3.63, 3.8) is 0 Å². The van der Waals surface area contributed by atoms with Gasteiger partial charge in [-0.15, -0.1) is 0 Å². The highest BCUT2D eigenvalue weighted by molar-refractivity contribution is 5.26. The zero-order chi connectivity index (χ0) is 18.2. The molecule has 0 heterocycles. The molecule has 0 spiro atoms. The molecule has 1 aliphatic rings. The molecule has 0 aliphatic heterocycles. The van der Waals surface area contributed by atoms with E-state index in [2.05, 4.69) is 73.0 Å². The van der Waals surface area contributed by atoms with Crippen LogP contribution in [0.1, 0.15) is 47.9 Å². The van der Waals surface area contributed by atoms with Crippen LogP contribution < -0.4 is 10.6 Å². The average Bonchev–Trinajstić information content (AvgIpc) is 2.65. The first kappa shape index (κ1) is 19.1. The van der Waals surface area contributed by atoms with Crippen molar-refractivity contribution < 1.29 is 0 Å². The summed E-state index contributed by atoms with van der Waals surface area (Å²) in [6, 6.07) is 17.4. The minimum Gasteiger partial charge on any atom is -0.312 e. The van der Waals surface area contributed by atoms with Crippen LogP contribution >= 0.6 is 0 Å². The SMILES string of the molecule is Cc1ccccc1CNCC1CCCC(CNCc2ccccc2C)C1. The summed E-state index contributed by atoms with van der Waals surface area (Å²) in [6.45, 7) is 8.71. The van der Waals surface area contributed by atoms with Gasteiger partial charge in [-0.2, -0.15) is 0 Å². The van der Waals surface area contributed by atoms with Gasteiger partial charge in [0.15, 0.2) is 0 Å². The number of nitrogens with one attached hydrogen (secondary N) is 2. The molecule has 26 heavy (non-hydrogen) atoms. The lowest BCUT2D eigenvalue weighted by Gasteiger charge is -2.29. The quantitative estimate of drug-likeness (QED) is 0.701. The zero-order valence-electron chi connectivity index (χ0n) is 16.4. The average molecular weight is 351 g/mol. The Morgan fingerprint density at radius 3 is 1.65 bits per heavy atom. The van der Waals surface area contributed by atoms with Crippen LogP contribution in [0, 0.1) is 25.7 Å². The first-order valence-electron chi connectivity index (χ1n) is 10.2. The van der Waals surface area contributed by atoms with Gasteiger partial charge in [-0.05, 0) is 80.3 Å². The molecule has 2 nitrogen and oxygen atoms in total. The van der Waals surface area contributed by atoms with Gasteiger partial charge in [0, 0.05) is 13.1 Å². The normalized spacial score (nSPS) is 20.2. The van der Waals surface area contributed by atoms with E-state index in [-0.39, 0.29) is 0 Å². The van der Waals surface area contributed by atoms with Crippen molar-refractivity contribution in [1.82, 2.24) is 10.6 Å². The van der Waals surface area contributed by atoms with E-state index in [1.165, 1.54) is 47.9 Å². The molecular weight excluding hydrogens is 316 g/mol. The molecule has 1 saturated carbocycles. The van der Waals surface area contributed by atoms with Crippen molar-refractivity contribution in [2.24, 2.45) is 11.8 Å². The molecule has 2 N–H and O–H groups in total. The molecule has 0 amide bonds. The standard InChI is InChI=1S/C24H34N2/c1-19-8-3-5-12-23(19)17-25-15-21-10-7-11-22(14-21)16-26-18-24-13-6-4-9-20(24)2/h3-6,8-9,12-13,21-22,25-26H,7,10-11,14-18H2,1-2H3. The topological polar surface area (TPSA) is 24.1 Å². The Hall–Kier alpha value is -1.64. The molecule has 2 unspecified atom stereocenters. The van der Waals surface area contributed by atoms with Crippen LogP contribution in [-0.4, -0.2) is 13.1 Å². The van der Waals surface area contributed by atoms with Crippen molar-refractivity contribution in [1.29, 1.82) is 0 Å². The van der Waals surface area contributed by atoms with Crippen molar-refractivity contribution in [2.75, 3.05) is 13.1 Å². The van der Waals surface area contributed by atoms with E-state index in [1.54, 1.807) is 0 Å². The molecule has 3 rings (SSSR count). The second-order valence-corrected chi connectivity index (χ2v) is 8.01. The molecule has 2 atom stereocenters. The molecule has 0 aromatic heterocycles. The minimum absolute atomic E-state index is 0.832. The third-order valence-corrected chi connectivity index (χ3v) is 5.91. The van der Waals surface area contributed by atoms with Gasteiger partial charge >= 0.3 is 0 Å². The monoisotopic (exact) mass is 350 g/mol. The van der Waals surface area contributed by atoms with Crippen LogP contribution in [-0.2, 0) is 13.1 Å². The molecule has 140 valence electrons. The Balaban J connectivity index is 1.37. The smallest absolute Gasteiger partial charge is 0.0208 e. The van der Waals surface area contributed by atoms with Crippen molar-refractivity contribution >= 4 is 0 Å². The van der Waals surface area contributed by atoms with Crippen LogP contribution in [0.4, 0.5) is 0 Å². The fourth-order valence-electron chi connectivity index (χ4n) is 4.21. The third-order valence-electron chi connectivity index (χ3n) is 5.91. The fourth-order valence-corrected chi connectivity index (χ4v) is 4.21. The summed E-state index contributed by atoms with van der Waals surface area (Å²) in [5.74, 6) is 1.66. The van der Waals surface area contributed by atoms with Gasteiger partial charge in [0.2, 0.25) is 0 Å². The van der Waals surface area contributed by atoms with E-state index in [0.717, 1.165) is 38.0 Å². The molecule has 0 radical (unpaired) electrons. The van der Waals surface area contributed by atoms with Gasteiger partial charge in [0.05, 0.1) is 0 Å². The maximum Gasteiger partial charge on any atom is 0.0208 e. The van der Waals surface area contributed by atoms with Crippen LogP contribution in [0.5, 0.6) is 0 Å². The van der Waals surface area contributed by atoms with Crippen molar-refractivity contribution in [3.8, 4) is 0 Å². The van der Waals surface area contributed by atoms with Crippen LogP contribution in [0.3, 0.4) is 0 Å². The lowest BCUT2D eigenvalue weighted by Crippen LogP contribution is -2.31. The Kier molecular flexibility index (Phi) is 7.28. The highest BCUT2D eigenvalue weighted by Crippen LogP contribution is 2.28. The number of benzene rings is 2. The second kappa shape index (κ2) is 9.89. The molecular formula is C24H34N2. The molecule has 1 aliphatic carbocycles. The lowest BCUT2D eigenvalue weighted by atomic mass is 9.81. The first-order valence-corrected chi connectivity index (χ1v) is 10.2. The largest absolute Gasteiger partial charge is 0.312 e. The van der Waals surface area contributed by atoms with Gasteiger partial charge in [-0.25, -0.2) is 0 Å². The maximum atomic E-state index is 3.70. The molecule has 0 saturated heterocycles. The summed E-state index contributed by atoms with van der Waals surface area (Å²) in [5.41, 5.74) is 5.64. The molecule has 1 fully saturated rings. The molecule has 0 bridgehead atoms. The summed E-state index contributed by atoms with van der Waals surface area (Å²) in [4.78, 5) is 0. The Labute approximate surface area is 159 Å². The van der Waals surface area contributed by atoms with E-state index < -0.39 is 0 Å². The third kappa shape index (κ3) is 5.69.